The van der Waals surface area contributed by atoms with E-state index in [-0.39, 0.29) is 11.2 Å². The van der Waals surface area contributed by atoms with Crippen molar-refractivity contribution in [3.8, 4) is 0 Å². The molecule has 0 spiro atoms. The maximum atomic E-state index is 11.8. The molecule has 0 saturated carbocycles. The van der Waals surface area contributed by atoms with E-state index in [9.17, 15) is 14.4 Å². The van der Waals surface area contributed by atoms with E-state index in [1.807, 2.05) is 0 Å². The topological polar surface area (TPSA) is 121 Å². The van der Waals surface area contributed by atoms with Crippen LogP contribution in [0.25, 0.3) is 11.2 Å². The Balaban J connectivity index is 2.33. The van der Waals surface area contributed by atoms with Crippen molar-refractivity contribution in [2.45, 2.75) is 19.8 Å². The number of aromatic nitrogens is 4. The number of carboxylic acids is 1. The summed E-state index contributed by atoms with van der Waals surface area (Å²) < 4.78 is 0.949. The zero-order valence-electron chi connectivity index (χ0n) is 10.6. The highest BCUT2D eigenvalue weighted by atomic mass is 16.4. The lowest BCUT2D eigenvalue weighted by Gasteiger charge is -2.02. The molecule has 2 aromatic rings. The number of fused-ring (bicyclic) bond motifs is 1. The molecule has 2 rings (SSSR count). The van der Waals surface area contributed by atoms with E-state index in [0.717, 1.165) is 4.57 Å². The SMILES string of the molecule is CC(CCc1nc2[nH]c(=O)n(C)c(=O)c2[nH]1)C(=O)O. The molecule has 3 N–H and O–H groups in total. The van der Waals surface area contributed by atoms with Crippen LogP contribution in [0.5, 0.6) is 0 Å². The van der Waals surface area contributed by atoms with Gasteiger partial charge in [-0.2, -0.15) is 0 Å². The van der Waals surface area contributed by atoms with Gasteiger partial charge in [-0.05, 0) is 6.42 Å². The summed E-state index contributed by atoms with van der Waals surface area (Å²) >= 11 is 0. The smallest absolute Gasteiger partial charge is 0.329 e. The molecule has 0 saturated heterocycles. The standard InChI is InChI=1S/C11H14N4O4/c1-5(10(17)18)3-4-6-12-7-8(13-6)14-11(19)15(2)9(7)16/h5H,3-4H2,1-2H3,(H,12,13)(H,14,19)(H,17,18). The summed E-state index contributed by atoms with van der Waals surface area (Å²) in [6, 6.07) is 0. The number of imidazole rings is 1. The number of rotatable bonds is 4. The summed E-state index contributed by atoms with van der Waals surface area (Å²) in [4.78, 5) is 43.3. The molecule has 0 aliphatic carbocycles. The van der Waals surface area contributed by atoms with Gasteiger partial charge >= 0.3 is 11.7 Å². The Morgan fingerprint density at radius 1 is 1.42 bits per heavy atom. The van der Waals surface area contributed by atoms with Gasteiger partial charge in [0.2, 0.25) is 0 Å². The molecule has 0 aliphatic rings. The molecule has 8 nitrogen and oxygen atoms in total. The van der Waals surface area contributed by atoms with Crippen molar-refractivity contribution in [3.63, 3.8) is 0 Å². The number of aryl methyl sites for hydroxylation is 1. The Hall–Kier alpha value is -2.38. The molecule has 2 aromatic heterocycles. The summed E-state index contributed by atoms with van der Waals surface area (Å²) in [6.45, 7) is 1.60. The molecular formula is C11H14N4O4. The van der Waals surface area contributed by atoms with Gasteiger partial charge in [0.25, 0.3) is 5.56 Å². The van der Waals surface area contributed by atoms with Gasteiger partial charge in [-0.15, -0.1) is 0 Å². The first kappa shape index (κ1) is 13.1. The highest BCUT2D eigenvalue weighted by Gasteiger charge is 2.14. The zero-order valence-corrected chi connectivity index (χ0v) is 10.6. The summed E-state index contributed by atoms with van der Waals surface area (Å²) in [5.41, 5.74) is -0.565. The van der Waals surface area contributed by atoms with Crippen molar-refractivity contribution >= 4 is 17.1 Å². The Labute approximate surface area is 107 Å². The molecule has 1 unspecified atom stereocenters. The second-order valence-electron chi connectivity index (χ2n) is 4.48. The van der Waals surface area contributed by atoms with Crippen LogP contribution < -0.4 is 11.2 Å². The molecule has 19 heavy (non-hydrogen) atoms. The summed E-state index contributed by atoms with van der Waals surface area (Å²) in [5.74, 6) is -0.877. The fraction of sp³-hybridized carbons (Fsp3) is 0.455. The average Bonchev–Trinajstić information content (AvgIpc) is 2.76. The molecule has 0 radical (unpaired) electrons. The fourth-order valence-corrected chi connectivity index (χ4v) is 1.71. The van der Waals surface area contributed by atoms with Crippen molar-refractivity contribution < 1.29 is 9.90 Å². The number of carboxylic acid groups (broad SMARTS) is 1. The van der Waals surface area contributed by atoms with Crippen LogP contribution in [0.3, 0.4) is 0 Å². The number of H-pyrrole nitrogens is 2. The third kappa shape index (κ3) is 2.42. The van der Waals surface area contributed by atoms with Crippen LogP contribution >= 0.6 is 0 Å². The second-order valence-corrected chi connectivity index (χ2v) is 4.48. The minimum absolute atomic E-state index is 0.200. The first-order valence-corrected chi connectivity index (χ1v) is 5.81. The number of nitrogens with zero attached hydrogens (tertiary/aromatic N) is 2. The number of aromatic amines is 2. The van der Waals surface area contributed by atoms with Gasteiger partial charge in [0, 0.05) is 13.5 Å². The Kier molecular flexibility index (Phi) is 3.24. The summed E-state index contributed by atoms with van der Waals surface area (Å²) in [7, 11) is 1.37. The number of aliphatic carboxylic acids is 1. The third-order valence-electron chi connectivity index (χ3n) is 3.04. The van der Waals surface area contributed by atoms with E-state index >= 15 is 0 Å². The summed E-state index contributed by atoms with van der Waals surface area (Å²) in [5, 5.41) is 8.79. The van der Waals surface area contributed by atoms with Crippen molar-refractivity contribution in [3.05, 3.63) is 26.7 Å². The van der Waals surface area contributed by atoms with Gasteiger partial charge < -0.3 is 10.1 Å². The molecule has 2 heterocycles. The van der Waals surface area contributed by atoms with Gasteiger partial charge in [-0.1, -0.05) is 6.92 Å². The Morgan fingerprint density at radius 3 is 2.74 bits per heavy atom. The minimum atomic E-state index is -0.875. The lowest BCUT2D eigenvalue weighted by Crippen LogP contribution is -2.32. The van der Waals surface area contributed by atoms with Crippen LogP contribution in [-0.2, 0) is 18.3 Å². The van der Waals surface area contributed by atoms with Gasteiger partial charge in [0.15, 0.2) is 5.65 Å². The minimum Gasteiger partial charge on any atom is -0.481 e. The van der Waals surface area contributed by atoms with Crippen LogP contribution in [0.4, 0.5) is 0 Å². The predicted molar refractivity (Wildman–Crippen MR) is 67.1 cm³/mol. The van der Waals surface area contributed by atoms with Crippen LogP contribution in [0.2, 0.25) is 0 Å². The largest absolute Gasteiger partial charge is 0.481 e. The molecule has 0 bridgehead atoms. The van der Waals surface area contributed by atoms with Crippen molar-refractivity contribution in [1.29, 1.82) is 0 Å². The third-order valence-corrected chi connectivity index (χ3v) is 3.04. The van der Waals surface area contributed by atoms with Gasteiger partial charge in [-0.3, -0.25) is 19.1 Å². The lowest BCUT2D eigenvalue weighted by atomic mass is 10.1. The second kappa shape index (κ2) is 4.71. The molecule has 1 atom stereocenters. The monoisotopic (exact) mass is 266 g/mol. The quantitative estimate of drug-likeness (QED) is 0.695. The van der Waals surface area contributed by atoms with E-state index in [4.69, 9.17) is 5.11 Å². The maximum Gasteiger partial charge on any atom is 0.329 e. The van der Waals surface area contributed by atoms with Crippen LogP contribution in [0, 0.1) is 5.92 Å². The van der Waals surface area contributed by atoms with E-state index in [0.29, 0.717) is 18.7 Å². The molecule has 0 fully saturated rings. The molecule has 0 aromatic carbocycles. The first-order chi connectivity index (χ1) is 8.90. The molecule has 0 amide bonds. The number of nitrogens with one attached hydrogen (secondary N) is 2. The van der Waals surface area contributed by atoms with Gasteiger partial charge in [0.05, 0.1) is 5.92 Å². The highest BCUT2D eigenvalue weighted by Crippen LogP contribution is 2.09. The van der Waals surface area contributed by atoms with Crippen molar-refractivity contribution in [2.24, 2.45) is 13.0 Å². The first-order valence-electron chi connectivity index (χ1n) is 5.81. The number of hydrogen-bond donors (Lipinski definition) is 3. The van der Waals surface area contributed by atoms with Crippen LogP contribution in [0.1, 0.15) is 19.2 Å². The van der Waals surface area contributed by atoms with E-state index < -0.39 is 23.1 Å². The maximum absolute atomic E-state index is 11.8. The average molecular weight is 266 g/mol. The van der Waals surface area contributed by atoms with E-state index in [1.54, 1.807) is 6.92 Å². The molecule has 8 heteroatoms. The Morgan fingerprint density at radius 2 is 2.11 bits per heavy atom. The summed E-state index contributed by atoms with van der Waals surface area (Å²) in [6.07, 6.45) is 0.799. The molecular weight excluding hydrogens is 252 g/mol. The van der Waals surface area contributed by atoms with Crippen molar-refractivity contribution in [2.75, 3.05) is 0 Å². The molecule has 102 valence electrons. The highest BCUT2D eigenvalue weighted by molar-refractivity contribution is 5.70. The van der Waals surface area contributed by atoms with Gasteiger partial charge in [-0.25, -0.2) is 9.78 Å². The van der Waals surface area contributed by atoms with Crippen LogP contribution in [0.15, 0.2) is 9.59 Å². The fourth-order valence-electron chi connectivity index (χ4n) is 1.71. The predicted octanol–water partition coefficient (Wildman–Crippen LogP) is -0.397. The van der Waals surface area contributed by atoms with Crippen LogP contribution in [-0.4, -0.2) is 30.6 Å². The Bertz CT molecular complexity index is 739. The van der Waals surface area contributed by atoms with Crippen molar-refractivity contribution in [1.82, 2.24) is 19.5 Å². The zero-order chi connectivity index (χ0) is 14.2. The van der Waals surface area contributed by atoms with Gasteiger partial charge in [0.1, 0.15) is 11.3 Å². The molecule has 0 aliphatic heterocycles. The number of carbonyl (C=O) groups is 1. The normalized spacial score (nSPS) is 12.7. The number of hydrogen-bond acceptors (Lipinski definition) is 4. The lowest BCUT2D eigenvalue weighted by molar-refractivity contribution is -0.141. The van der Waals surface area contributed by atoms with E-state index in [2.05, 4.69) is 15.0 Å². The van der Waals surface area contributed by atoms with E-state index in [1.165, 1.54) is 7.05 Å².